The molecule has 0 rings (SSSR count). The Bertz CT molecular complexity index is 109. The van der Waals surface area contributed by atoms with E-state index in [1.807, 2.05) is 0 Å². The fourth-order valence-corrected chi connectivity index (χ4v) is 0.681. The van der Waals surface area contributed by atoms with Crippen LogP contribution in [0.1, 0.15) is 6.92 Å². The zero-order valence-electron chi connectivity index (χ0n) is 6.63. The Morgan fingerprint density at radius 3 is 1.40 bits per heavy atom. The molecule has 0 saturated carbocycles. The first kappa shape index (κ1) is 9.55. The lowest BCUT2D eigenvalue weighted by Gasteiger charge is -2.24. The van der Waals surface area contributed by atoms with Gasteiger partial charge in [-0.15, -0.1) is 0 Å². The van der Waals surface area contributed by atoms with Gasteiger partial charge in [-0.2, -0.15) is 0 Å². The predicted octanol–water partition coefficient (Wildman–Crippen LogP) is 0.168. The van der Waals surface area contributed by atoms with Crippen molar-refractivity contribution >= 4 is 5.78 Å². The highest BCUT2D eigenvalue weighted by Gasteiger charge is 2.35. The van der Waals surface area contributed by atoms with Crippen LogP contribution < -0.4 is 0 Å². The third-order valence-electron chi connectivity index (χ3n) is 1.24. The van der Waals surface area contributed by atoms with Crippen molar-refractivity contribution in [2.24, 2.45) is 0 Å². The van der Waals surface area contributed by atoms with Gasteiger partial charge < -0.3 is 14.2 Å². The van der Waals surface area contributed by atoms with Crippen molar-refractivity contribution in [3.05, 3.63) is 0 Å². The van der Waals surface area contributed by atoms with Crippen LogP contribution in [-0.2, 0) is 19.0 Å². The maximum Gasteiger partial charge on any atom is 0.345 e. The van der Waals surface area contributed by atoms with Gasteiger partial charge in [-0.3, -0.25) is 4.79 Å². The summed E-state index contributed by atoms with van der Waals surface area (Å²) in [6.07, 6.45) is 0. The summed E-state index contributed by atoms with van der Waals surface area (Å²) >= 11 is 0. The van der Waals surface area contributed by atoms with Crippen LogP contribution in [-0.4, -0.2) is 33.1 Å². The molecule has 0 unspecified atom stereocenters. The van der Waals surface area contributed by atoms with Crippen molar-refractivity contribution < 1.29 is 19.0 Å². The van der Waals surface area contributed by atoms with Gasteiger partial charge in [-0.05, 0) is 0 Å². The monoisotopic (exact) mass is 148 g/mol. The van der Waals surface area contributed by atoms with Gasteiger partial charge in [0.15, 0.2) is 0 Å². The Morgan fingerprint density at radius 1 is 1.10 bits per heavy atom. The van der Waals surface area contributed by atoms with Crippen LogP contribution in [0.3, 0.4) is 0 Å². The summed E-state index contributed by atoms with van der Waals surface area (Å²) in [5, 5.41) is 0. The van der Waals surface area contributed by atoms with Crippen LogP contribution in [0.15, 0.2) is 0 Å². The number of ketones is 1. The van der Waals surface area contributed by atoms with Crippen LogP contribution in [0, 0.1) is 0 Å². The van der Waals surface area contributed by atoms with E-state index in [0.717, 1.165) is 0 Å². The topological polar surface area (TPSA) is 44.8 Å². The summed E-state index contributed by atoms with van der Waals surface area (Å²) in [5.74, 6) is -1.83. The fourth-order valence-electron chi connectivity index (χ4n) is 0.681. The van der Waals surface area contributed by atoms with Crippen LogP contribution in [0.2, 0.25) is 0 Å². The molecule has 0 aromatic heterocycles. The van der Waals surface area contributed by atoms with Gasteiger partial charge in [0, 0.05) is 28.3 Å². The van der Waals surface area contributed by atoms with E-state index in [1.54, 1.807) is 0 Å². The summed E-state index contributed by atoms with van der Waals surface area (Å²) in [7, 11) is 4.02. The van der Waals surface area contributed by atoms with Crippen LogP contribution >= 0.6 is 0 Å². The molecular weight excluding hydrogens is 136 g/mol. The number of hydrogen-bond donors (Lipinski definition) is 0. The standard InChI is InChI=1S/C6H12O4/c1-5(7)6(8-2,9-3)10-4/h1-4H3. The van der Waals surface area contributed by atoms with Gasteiger partial charge in [0.25, 0.3) is 0 Å². The van der Waals surface area contributed by atoms with E-state index < -0.39 is 5.97 Å². The fraction of sp³-hybridized carbons (Fsp3) is 0.833. The van der Waals surface area contributed by atoms with Crippen molar-refractivity contribution in [1.82, 2.24) is 0 Å². The Kier molecular flexibility index (Phi) is 3.49. The minimum atomic E-state index is -1.51. The molecule has 0 amide bonds. The van der Waals surface area contributed by atoms with Gasteiger partial charge in [0.05, 0.1) is 0 Å². The van der Waals surface area contributed by atoms with Crippen LogP contribution in [0.25, 0.3) is 0 Å². The zero-order valence-corrected chi connectivity index (χ0v) is 6.63. The molecule has 0 aromatic carbocycles. The molecule has 10 heavy (non-hydrogen) atoms. The molecule has 0 N–H and O–H groups in total. The van der Waals surface area contributed by atoms with Crippen LogP contribution in [0.4, 0.5) is 0 Å². The van der Waals surface area contributed by atoms with Crippen molar-refractivity contribution in [1.29, 1.82) is 0 Å². The van der Waals surface area contributed by atoms with E-state index in [4.69, 9.17) is 14.2 Å². The molecule has 0 heterocycles. The first-order valence-corrected chi connectivity index (χ1v) is 2.79. The number of hydrogen-bond acceptors (Lipinski definition) is 4. The van der Waals surface area contributed by atoms with E-state index in [2.05, 4.69) is 0 Å². The molecule has 0 aromatic rings. The molecule has 0 aliphatic rings. The van der Waals surface area contributed by atoms with Crippen molar-refractivity contribution in [3.63, 3.8) is 0 Å². The van der Waals surface area contributed by atoms with E-state index in [-0.39, 0.29) is 5.78 Å². The maximum atomic E-state index is 10.8. The second-order valence-corrected chi connectivity index (χ2v) is 1.72. The second-order valence-electron chi connectivity index (χ2n) is 1.72. The van der Waals surface area contributed by atoms with Crippen LogP contribution in [0.5, 0.6) is 0 Å². The molecule has 0 radical (unpaired) electrons. The molecule has 0 saturated heterocycles. The summed E-state index contributed by atoms with van der Waals surface area (Å²) in [6, 6.07) is 0. The van der Waals surface area contributed by atoms with E-state index >= 15 is 0 Å². The van der Waals surface area contributed by atoms with Gasteiger partial charge >= 0.3 is 5.97 Å². The average Bonchev–Trinajstić information content (AvgIpc) is 1.92. The van der Waals surface area contributed by atoms with Crippen molar-refractivity contribution in [2.45, 2.75) is 12.9 Å². The third kappa shape index (κ3) is 1.53. The zero-order chi connectivity index (χ0) is 8.20. The molecule has 4 heteroatoms. The van der Waals surface area contributed by atoms with E-state index in [9.17, 15) is 4.79 Å². The van der Waals surface area contributed by atoms with Gasteiger partial charge in [0.2, 0.25) is 5.78 Å². The Labute approximate surface area is 60.1 Å². The quantitative estimate of drug-likeness (QED) is 0.533. The molecule has 0 aliphatic heterocycles. The number of rotatable bonds is 4. The Morgan fingerprint density at radius 2 is 1.40 bits per heavy atom. The minimum absolute atomic E-state index is 0.319. The maximum absolute atomic E-state index is 10.8. The lowest BCUT2D eigenvalue weighted by atomic mass is 10.4. The second kappa shape index (κ2) is 3.65. The van der Waals surface area contributed by atoms with Gasteiger partial charge in [-0.25, -0.2) is 0 Å². The predicted molar refractivity (Wildman–Crippen MR) is 34.4 cm³/mol. The molecule has 4 nitrogen and oxygen atoms in total. The normalized spacial score (nSPS) is 11.6. The first-order valence-electron chi connectivity index (χ1n) is 2.79. The molecular formula is C6H12O4. The Balaban J connectivity index is 4.31. The highest BCUT2D eigenvalue weighted by molar-refractivity contribution is 5.81. The smallest absolute Gasteiger partial charge is 0.325 e. The average molecular weight is 148 g/mol. The molecule has 0 aliphatic carbocycles. The number of carbonyl (C=O) groups excluding carboxylic acids is 1. The first-order chi connectivity index (χ1) is 4.63. The van der Waals surface area contributed by atoms with Crippen molar-refractivity contribution in [2.75, 3.05) is 21.3 Å². The summed E-state index contributed by atoms with van der Waals surface area (Å²) < 4.78 is 14.1. The van der Waals surface area contributed by atoms with E-state index in [1.165, 1.54) is 28.3 Å². The largest absolute Gasteiger partial charge is 0.345 e. The minimum Gasteiger partial charge on any atom is -0.325 e. The molecule has 0 atom stereocenters. The van der Waals surface area contributed by atoms with Crippen molar-refractivity contribution in [3.8, 4) is 0 Å². The number of Topliss-reactive ketones (excluding diaryl/α,β-unsaturated/α-hetero) is 1. The number of methoxy groups -OCH3 is 3. The lowest BCUT2D eigenvalue weighted by Crippen LogP contribution is -2.43. The summed E-state index contributed by atoms with van der Waals surface area (Å²) in [5.41, 5.74) is 0. The number of carbonyl (C=O) groups is 1. The summed E-state index contributed by atoms with van der Waals surface area (Å²) in [6.45, 7) is 1.33. The molecule has 60 valence electrons. The lowest BCUT2D eigenvalue weighted by molar-refractivity contribution is -0.324. The SMILES string of the molecule is COC(OC)(OC)C(C)=O. The molecule has 0 fully saturated rings. The van der Waals surface area contributed by atoms with E-state index in [0.29, 0.717) is 0 Å². The highest BCUT2D eigenvalue weighted by Crippen LogP contribution is 2.12. The number of ether oxygens (including phenoxy) is 3. The molecule has 0 spiro atoms. The molecule has 0 bridgehead atoms. The summed E-state index contributed by atoms with van der Waals surface area (Å²) in [4.78, 5) is 10.8. The third-order valence-corrected chi connectivity index (χ3v) is 1.24. The Hall–Kier alpha value is -0.450. The highest BCUT2D eigenvalue weighted by atomic mass is 16.9. The van der Waals surface area contributed by atoms with Gasteiger partial charge in [0.1, 0.15) is 0 Å². The van der Waals surface area contributed by atoms with Gasteiger partial charge in [-0.1, -0.05) is 0 Å².